The fraction of sp³-hybridized carbons (Fsp3) is 0.611. The Labute approximate surface area is 170 Å². The van der Waals surface area contributed by atoms with Crippen LogP contribution in [0.2, 0.25) is 5.02 Å². The molecule has 1 aromatic rings. The molecule has 0 aliphatic heterocycles. The van der Waals surface area contributed by atoms with Crippen LogP contribution in [0.3, 0.4) is 0 Å². The first-order chi connectivity index (χ1) is 13.2. The van der Waals surface area contributed by atoms with Gasteiger partial charge < -0.3 is 5.32 Å². The number of halogens is 1. The van der Waals surface area contributed by atoms with Gasteiger partial charge in [0.1, 0.15) is 0 Å². The number of non-ortho nitro benzene ring substituents is 1. The Balaban J connectivity index is 1.95. The second-order valence-corrected chi connectivity index (χ2v) is 9.45. The molecule has 10 heteroatoms. The molecule has 156 valence electrons. The lowest BCUT2D eigenvalue weighted by molar-refractivity contribution is -0.384. The van der Waals surface area contributed by atoms with Crippen molar-refractivity contribution < 1.29 is 18.1 Å². The van der Waals surface area contributed by atoms with Gasteiger partial charge in [0, 0.05) is 31.6 Å². The van der Waals surface area contributed by atoms with E-state index in [1.54, 1.807) is 0 Å². The number of anilines is 1. The van der Waals surface area contributed by atoms with Gasteiger partial charge in [-0.3, -0.25) is 19.2 Å². The van der Waals surface area contributed by atoms with E-state index < -0.39 is 14.9 Å². The van der Waals surface area contributed by atoms with Gasteiger partial charge in [0.2, 0.25) is 15.9 Å². The van der Waals surface area contributed by atoms with Crippen molar-refractivity contribution >= 4 is 38.9 Å². The summed E-state index contributed by atoms with van der Waals surface area (Å²) in [5.74, 6) is 0.401. The van der Waals surface area contributed by atoms with Crippen LogP contribution in [0.25, 0.3) is 0 Å². The summed E-state index contributed by atoms with van der Waals surface area (Å²) in [7, 11) is -3.72. The molecule has 1 amide bonds. The smallest absolute Gasteiger partial charge is 0.271 e. The second-order valence-electron chi connectivity index (χ2n) is 7.14. The van der Waals surface area contributed by atoms with Gasteiger partial charge in [-0.25, -0.2) is 8.42 Å². The van der Waals surface area contributed by atoms with E-state index in [4.69, 9.17) is 11.6 Å². The summed E-state index contributed by atoms with van der Waals surface area (Å²) in [5, 5.41) is 14.0. The van der Waals surface area contributed by atoms with Gasteiger partial charge in [0.05, 0.1) is 21.9 Å². The normalized spacial score (nSPS) is 15.2. The van der Waals surface area contributed by atoms with Crippen LogP contribution in [0.4, 0.5) is 11.4 Å². The van der Waals surface area contributed by atoms with E-state index in [9.17, 15) is 23.3 Å². The average Bonchev–Trinajstić information content (AvgIpc) is 2.64. The Kier molecular flexibility index (Phi) is 8.06. The maximum Gasteiger partial charge on any atom is 0.271 e. The fourth-order valence-electron chi connectivity index (χ4n) is 3.39. The Morgan fingerprint density at radius 1 is 1.32 bits per heavy atom. The molecular formula is C18H26ClN3O5S. The summed E-state index contributed by atoms with van der Waals surface area (Å²) in [5.41, 5.74) is -0.209. The van der Waals surface area contributed by atoms with Crippen LogP contribution in [0.5, 0.6) is 0 Å². The zero-order valence-electron chi connectivity index (χ0n) is 15.9. The minimum atomic E-state index is -3.72. The molecule has 1 N–H and O–H groups in total. The van der Waals surface area contributed by atoms with Crippen molar-refractivity contribution in [2.45, 2.75) is 44.9 Å². The van der Waals surface area contributed by atoms with Crippen molar-refractivity contribution in [1.29, 1.82) is 0 Å². The van der Waals surface area contributed by atoms with E-state index >= 15 is 0 Å². The summed E-state index contributed by atoms with van der Waals surface area (Å²) in [6.07, 6.45) is 7.38. The molecule has 0 aromatic heterocycles. The molecule has 0 radical (unpaired) electrons. The molecule has 0 saturated heterocycles. The molecule has 28 heavy (non-hydrogen) atoms. The van der Waals surface area contributed by atoms with Crippen LogP contribution < -0.4 is 9.62 Å². The van der Waals surface area contributed by atoms with Crippen LogP contribution in [0.1, 0.15) is 44.9 Å². The number of rotatable bonds is 9. The number of carbonyl (C=O) groups excluding carboxylic acids is 1. The highest BCUT2D eigenvalue weighted by molar-refractivity contribution is 7.92. The summed E-state index contributed by atoms with van der Waals surface area (Å²) >= 11 is 6.07. The SMILES string of the molecule is CS(=O)(=O)N(CCCC(=O)NCC1CCCCC1)c1cc([N+](=O)[O-])ccc1Cl. The van der Waals surface area contributed by atoms with Crippen molar-refractivity contribution in [3.05, 3.63) is 33.3 Å². The monoisotopic (exact) mass is 431 g/mol. The number of nitrogens with one attached hydrogen (secondary N) is 1. The van der Waals surface area contributed by atoms with Crippen LogP contribution in [0, 0.1) is 16.0 Å². The van der Waals surface area contributed by atoms with E-state index in [0.717, 1.165) is 29.5 Å². The van der Waals surface area contributed by atoms with E-state index in [1.807, 2.05) is 0 Å². The Morgan fingerprint density at radius 3 is 2.61 bits per heavy atom. The van der Waals surface area contributed by atoms with Crippen LogP contribution >= 0.6 is 11.6 Å². The van der Waals surface area contributed by atoms with Crippen molar-refractivity contribution in [1.82, 2.24) is 5.32 Å². The molecule has 0 unspecified atom stereocenters. The minimum absolute atomic E-state index is 0.0105. The van der Waals surface area contributed by atoms with Gasteiger partial charge in [-0.05, 0) is 31.2 Å². The fourth-order valence-corrected chi connectivity index (χ4v) is 4.63. The quantitative estimate of drug-likeness (QED) is 0.475. The zero-order valence-corrected chi connectivity index (χ0v) is 17.5. The highest BCUT2D eigenvalue weighted by atomic mass is 35.5. The number of hydrogen-bond acceptors (Lipinski definition) is 5. The van der Waals surface area contributed by atoms with Gasteiger partial charge in [-0.2, -0.15) is 0 Å². The first kappa shape index (κ1) is 22.4. The standard InChI is InChI=1S/C18H26ClN3O5S/c1-28(26,27)21(17-12-15(22(24)25)9-10-16(17)19)11-5-8-18(23)20-13-14-6-3-2-4-7-14/h9-10,12,14H,2-8,11,13H2,1H3,(H,20,23). The largest absolute Gasteiger partial charge is 0.356 e. The lowest BCUT2D eigenvalue weighted by atomic mass is 9.89. The predicted molar refractivity (Wildman–Crippen MR) is 109 cm³/mol. The predicted octanol–water partition coefficient (Wildman–Crippen LogP) is 3.49. The topological polar surface area (TPSA) is 110 Å². The van der Waals surface area contributed by atoms with E-state index in [2.05, 4.69) is 5.32 Å². The van der Waals surface area contributed by atoms with Crippen molar-refractivity contribution in [3.63, 3.8) is 0 Å². The van der Waals surface area contributed by atoms with Crippen molar-refractivity contribution in [2.24, 2.45) is 5.92 Å². The van der Waals surface area contributed by atoms with Crippen LogP contribution in [-0.4, -0.2) is 38.6 Å². The van der Waals surface area contributed by atoms with Crippen LogP contribution in [0.15, 0.2) is 18.2 Å². The lowest BCUT2D eigenvalue weighted by Gasteiger charge is -2.23. The van der Waals surface area contributed by atoms with E-state index in [1.165, 1.54) is 31.4 Å². The minimum Gasteiger partial charge on any atom is -0.356 e. The number of benzene rings is 1. The molecule has 2 rings (SSSR count). The molecule has 0 atom stereocenters. The van der Waals surface area contributed by atoms with Gasteiger partial charge in [0.25, 0.3) is 5.69 Å². The third-order valence-electron chi connectivity index (χ3n) is 4.89. The number of nitro groups is 1. The maximum absolute atomic E-state index is 12.2. The highest BCUT2D eigenvalue weighted by Gasteiger charge is 2.23. The first-order valence-corrected chi connectivity index (χ1v) is 11.6. The van der Waals surface area contributed by atoms with Gasteiger partial charge in [-0.1, -0.05) is 30.9 Å². The summed E-state index contributed by atoms with van der Waals surface area (Å²) in [4.78, 5) is 22.4. The molecule has 1 aliphatic rings. The van der Waals surface area contributed by atoms with Gasteiger partial charge in [0.15, 0.2) is 0 Å². The lowest BCUT2D eigenvalue weighted by Crippen LogP contribution is -2.33. The first-order valence-electron chi connectivity index (χ1n) is 9.37. The summed E-state index contributed by atoms with van der Waals surface area (Å²) < 4.78 is 25.4. The summed E-state index contributed by atoms with van der Waals surface area (Å²) in [6.45, 7) is 0.669. The molecule has 1 saturated carbocycles. The van der Waals surface area contributed by atoms with E-state index in [-0.39, 0.29) is 41.7 Å². The van der Waals surface area contributed by atoms with Gasteiger partial charge in [-0.15, -0.1) is 0 Å². The molecule has 0 bridgehead atoms. The molecule has 0 heterocycles. The average molecular weight is 432 g/mol. The third kappa shape index (κ3) is 6.63. The molecule has 0 spiro atoms. The number of nitro benzene ring substituents is 1. The number of sulfonamides is 1. The van der Waals surface area contributed by atoms with Gasteiger partial charge >= 0.3 is 0 Å². The number of hydrogen-bond donors (Lipinski definition) is 1. The molecule has 1 aromatic carbocycles. The zero-order chi connectivity index (χ0) is 20.7. The second kappa shape index (κ2) is 10.1. The Hall–Kier alpha value is -1.87. The van der Waals surface area contributed by atoms with Crippen molar-refractivity contribution in [2.75, 3.05) is 23.7 Å². The molecule has 1 aliphatic carbocycles. The highest BCUT2D eigenvalue weighted by Crippen LogP contribution is 2.31. The Morgan fingerprint density at radius 2 is 2.00 bits per heavy atom. The number of amides is 1. The van der Waals surface area contributed by atoms with E-state index in [0.29, 0.717) is 12.5 Å². The maximum atomic E-state index is 12.2. The summed E-state index contributed by atoms with van der Waals surface area (Å²) in [6, 6.07) is 3.64. The van der Waals surface area contributed by atoms with Crippen LogP contribution in [-0.2, 0) is 14.8 Å². The molecule has 1 fully saturated rings. The molecular weight excluding hydrogens is 406 g/mol. The Bertz CT molecular complexity index is 809. The van der Waals surface area contributed by atoms with Crippen molar-refractivity contribution in [3.8, 4) is 0 Å². The number of carbonyl (C=O) groups is 1. The molecule has 8 nitrogen and oxygen atoms in total. The number of nitrogens with zero attached hydrogens (tertiary/aromatic N) is 2. The third-order valence-corrected chi connectivity index (χ3v) is 6.39.